The van der Waals surface area contributed by atoms with Crippen LogP contribution in [0.15, 0.2) is 59.6 Å². The number of aliphatic imine (C=N–C) groups is 1. The second-order valence-corrected chi connectivity index (χ2v) is 8.71. The third-order valence-electron chi connectivity index (χ3n) is 6.24. The zero-order valence-corrected chi connectivity index (χ0v) is 19.8. The molecule has 2 atom stereocenters. The fraction of sp³-hybridized carbons (Fsp3) is 0.423. The number of hydrogen-bond acceptors (Lipinski definition) is 4. The summed E-state index contributed by atoms with van der Waals surface area (Å²) in [5.74, 6) is 2.91. The SMILES string of the molecule is Cc1ccc(C2OCCCC2CNC(=NCc2ccccc2)NCc2nnc(C)n2C)cc1. The van der Waals surface area contributed by atoms with E-state index in [-0.39, 0.29) is 6.10 Å². The Bertz CT molecular complexity index is 1040. The molecule has 2 aromatic carbocycles. The van der Waals surface area contributed by atoms with Gasteiger partial charge in [0.15, 0.2) is 11.8 Å². The van der Waals surface area contributed by atoms with E-state index in [1.54, 1.807) is 0 Å². The Kier molecular flexibility index (Phi) is 7.73. The predicted molar refractivity (Wildman–Crippen MR) is 131 cm³/mol. The largest absolute Gasteiger partial charge is 0.373 e. The predicted octanol–water partition coefficient (Wildman–Crippen LogP) is 3.84. The maximum absolute atomic E-state index is 6.20. The van der Waals surface area contributed by atoms with Crippen LogP contribution in [0.5, 0.6) is 0 Å². The summed E-state index contributed by atoms with van der Waals surface area (Å²) in [7, 11) is 1.98. The van der Waals surface area contributed by atoms with Crippen LogP contribution in [0.1, 0.15) is 47.3 Å². The second-order valence-electron chi connectivity index (χ2n) is 8.71. The molecule has 2 unspecified atom stereocenters. The van der Waals surface area contributed by atoms with Crippen LogP contribution in [-0.4, -0.2) is 33.9 Å². The van der Waals surface area contributed by atoms with E-state index < -0.39 is 0 Å². The summed E-state index contributed by atoms with van der Waals surface area (Å²) >= 11 is 0. The molecule has 0 radical (unpaired) electrons. The fourth-order valence-corrected chi connectivity index (χ4v) is 4.10. The van der Waals surface area contributed by atoms with E-state index >= 15 is 0 Å². The minimum absolute atomic E-state index is 0.101. The maximum atomic E-state index is 6.20. The van der Waals surface area contributed by atoms with E-state index in [0.717, 1.165) is 43.6 Å². The van der Waals surface area contributed by atoms with E-state index in [1.165, 1.54) is 16.7 Å². The molecule has 4 rings (SSSR count). The number of nitrogens with one attached hydrogen (secondary N) is 2. The standard InChI is InChI=1S/C26H34N6O/c1-19-11-13-22(14-12-19)25-23(10-7-15-33-25)17-28-26(27-16-21-8-5-4-6-9-21)29-18-24-31-30-20(2)32(24)3/h4-6,8-9,11-14,23,25H,7,10,15-18H2,1-3H3,(H2,27,28,29). The van der Waals surface area contributed by atoms with Gasteiger partial charge in [-0.15, -0.1) is 10.2 Å². The molecule has 0 aliphatic carbocycles. The molecule has 174 valence electrons. The van der Waals surface area contributed by atoms with Crippen molar-refractivity contribution < 1.29 is 4.74 Å². The van der Waals surface area contributed by atoms with Crippen LogP contribution in [0.2, 0.25) is 0 Å². The monoisotopic (exact) mass is 446 g/mol. The molecule has 3 aromatic rings. The molecule has 33 heavy (non-hydrogen) atoms. The first-order chi connectivity index (χ1) is 16.1. The number of ether oxygens (including phenoxy) is 1. The highest BCUT2D eigenvalue weighted by atomic mass is 16.5. The highest BCUT2D eigenvalue weighted by Crippen LogP contribution is 2.33. The van der Waals surface area contributed by atoms with E-state index in [4.69, 9.17) is 9.73 Å². The molecule has 1 aromatic heterocycles. The fourth-order valence-electron chi connectivity index (χ4n) is 4.10. The van der Waals surface area contributed by atoms with Crippen molar-refractivity contribution in [3.63, 3.8) is 0 Å². The third kappa shape index (κ3) is 6.20. The van der Waals surface area contributed by atoms with Crippen molar-refractivity contribution in [3.05, 3.63) is 82.9 Å². The van der Waals surface area contributed by atoms with Crippen LogP contribution in [0.25, 0.3) is 0 Å². The number of aryl methyl sites for hydroxylation is 2. The van der Waals surface area contributed by atoms with Gasteiger partial charge in [-0.3, -0.25) is 0 Å². The number of hydrogen-bond donors (Lipinski definition) is 2. The van der Waals surface area contributed by atoms with Gasteiger partial charge in [-0.1, -0.05) is 60.2 Å². The Hall–Kier alpha value is -3.19. The molecule has 2 heterocycles. The van der Waals surface area contributed by atoms with Crippen molar-refractivity contribution in [1.29, 1.82) is 0 Å². The van der Waals surface area contributed by atoms with Gasteiger partial charge < -0.3 is 19.9 Å². The van der Waals surface area contributed by atoms with Crippen molar-refractivity contribution in [3.8, 4) is 0 Å². The molecule has 0 amide bonds. The van der Waals surface area contributed by atoms with Crippen molar-refractivity contribution >= 4 is 5.96 Å². The van der Waals surface area contributed by atoms with Gasteiger partial charge in [-0.25, -0.2) is 4.99 Å². The second kappa shape index (κ2) is 11.1. The Morgan fingerprint density at radius 3 is 2.58 bits per heavy atom. The lowest BCUT2D eigenvalue weighted by molar-refractivity contribution is -0.0265. The van der Waals surface area contributed by atoms with Crippen molar-refractivity contribution in [2.24, 2.45) is 18.0 Å². The Labute approximate surface area is 196 Å². The first-order valence-electron chi connectivity index (χ1n) is 11.7. The molecule has 1 saturated heterocycles. The molecular weight excluding hydrogens is 412 g/mol. The first kappa shape index (κ1) is 23.0. The molecule has 0 bridgehead atoms. The molecule has 0 saturated carbocycles. The normalized spacial score (nSPS) is 18.8. The minimum Gasteiger partial charge on any atom is -0.373 e. The van der Waals surface area contributed by atoms with Gasteiger partial charge in [0.2, 0.25) is 0 Å². The summed E-state index contributed by atoms with van der Waals surface area (Å²) in [4.78, 5) is 4.84. The number of aromatic nitrogens is 3. The van der Waals surface area contributed by atoms with Crippen LogP contribution in [0.4, 0.5) is 0 Å². The van der Waals surface area contributed by atoms with Crippen molar-refractivity contribution in [2.75, 3.05) is 13.2 Å². The molecule has 7 heteroatoms. The lowest BCUT2D eigenvalue weighted by Gasteiger charge is -2.32. The van der Waals surface area contributed by atoms with Gasteiger partial charge in [-0.05, 0) is 37.8 Å². The summed E-state index contributed by atoms with van der Waals surface area (Å²) in [5, 5.41) is 15.4. The average Bonchev–Trinajstić information content (AvgIpc) is 3.17. The highest BCUT2D eigenvalue weighted by molar-refractivity contribution is 5.79. The summed E-state index contributed by atoms with van der Waals surface area (Å²) in [6, 6.07) is 19.0. The summed E-state index contributed by atoms with van der Waals surface area (Å²) in [6.45, 7) is 6.83. The lowest BCUT2D eigenvalue weighted by Crippen LogP contribution is -2.42. The van der Waals surface area contributed by atoms with Crippen molar-refractivity contribution in [1.82, 2.24) is 25.4 Å². The van der Waals surface area contributed by atoms with Crippen LogP contribution in [-0.2, 0) is 24.9 Å². The Morgan fingerprint density at radius 2 is 1.85 bits per heavy atom. The topological polar surface area (TPSA) is 76.4 Å². The highest BCUT2D eigenvalue weighted by Gasteiger charge is 2.27. The molecule has 2 N–H and O–H groups in total. The molecule has 7 nitrogen and oxygen atoms in total. The molecule has 1 fully saturated rings. The summed E-state index contributed by atoms with van der Waals surface area (Å²) in [5.41, 5.74) is 3.69. The summed E-state index contributed by atoms with van der Waals surface area (Å²) < 4.78 is 8.19. The van der Waals surface area contributed by atoms with Gasteiger partial charge in [0.25, 0.3) is 0 Å². The number of rotatable bonds is 7. The maximum Gasteiger partial charge on any atom is 0.191 e. The van der Waals surface area contributed by atoms with Gasteiger partial charge >= 0.3 is 0 Å². The smallest absolute Gasteiger partial charge is 0.191 e. The third-order valence-corrected chi connectivity index (χ3v) is 6.24. The van der Waals surface area contributed by atoms with Crippen LogP contribution in [0, 0.1) is 19.8 Å². The molecule has 0 spiro atoms. The van der Waals surface area contributed by atoms with Crippen LogP contribution < -0.4 is 10.6 Å². The quantitative estimate of drug-likeness (QED) is 0.426. The zero-order chi connectivity index (χ0) is 23.0. The van der Waals surface area contributed by atoms with E-state index in [1.807, 2.05) is 36.7 Å². The molecular formula is C26H34N6O. The zero-order valence-electron chi connectivity index (χ0n) is 19.8. The van der Waals surface area contributed by atoms with Crippen molar-refractivity contribution in [2.45, 2.75) is 45.9 Å². The van der Waals surface area contributed by atoms with E-state index in [0.29, 0.717) is 19.0 Å². The lowest BCUT2D eigenvalue weighted by atomic mass is 9.89. The Morgan fingerprint density at radius 1 is 1.06 bits per heavy atom. The molecule has 1 aliphatic rings. The number of benzene rings is 2. The van der Waals surface area contributed by atoms with Gasteiger partial charge in [0.05, 0.1) is 19.2 Å². The van der Waals surface area contributed by atoms with Gasteiger partial charge in [0, 0.05) is 26.1 Å². The number of nitrogens with zero attached hydrogens (tertiary/aromatic N) is 4. The van der Waals surface area contributed by atoms with Crippen LogP contribution in [0.3, 0.4) is 0 Å². The van der Waals surface area contributed by atoms with Gasteiger partial charge in [0.1, 0.15) is 5.82 Å². The molecule has 1 aliphatic heterocycles. The Balaban J connectivity index is 1.44. The van der Waals surface area contributed by atoms with Gasteiger partial charge in [-0.2, -0.15) is 0 Å². The first-order valence-corrected chi connectivity index (χ1v) is 11.7. The van der Waals surface area contributed by atoms with E-state index in [2.05, 4.69) is 64.2 Å². The number of guanidine groups is 1. The van der Waals surface area contributed by atoms with E-state index in [9.17, 15) is 0 Å². The average molecular weight is 447 g/mol. The van der Waals surface area contributed by atoms with Crippen LogP contribution >= 0.6 is 0 Å². The summed E-state index contributed by atoms with van der Waals surface area (Å²) in [6.07, 6.45) is 2.31. The minimum atomic E-state index is 0.101.